The van der Waals surface area contributed by atoms with Gasteiger partial charge in [-0.05, 0) is 42.8 Å². The first-order chi connectivity index (χ1) is 9.49. The van der Waals surface area contributed by atoms with Crippen molar-refractivity contribution in [3.05, 3.63) is 52.5 Å². The molecule has 2 aromatic carbocycles. The van der Waals surface area contributed by atoms with Crippen LogP contribution in [0.3, 0.4) is 0 Å². The van der Waals surface area contributed by atoms with Gasteiger partial charge in [0.1, 0.15) is 5.75 Å². The number of anilines is 2. The van der Waals surface area contributed by atoms with Crippen LogP contribution < -0.4 is 15.8 Å². The van der Waals surface area contributed by atoms with Crippen molar-refractivity contribution in [2.75, 3.05) is 18.2 Å². The summed E-state index contributed by atoms with van der Waals surface area (Å²) in [5, 5.41) is 3.31. The van der Waals surface area contributed by atoms with E-state index in [0.29, 0.717) is 27.7 Å². The van der Waals surface area contributed by atoms with E-state index < -0.39 is 0 Å². The number of methoxy groups -OCH3 is 1. The maximum Gasteiger partial charge on any atom is 0.255 e. The summed E-state index contributed by atoms with van der Waals surface area (Å²) in [5.41, 5.74) is 8.29. The van der Waals surface area contributed by atoms with Crippen molar-refractivity contribution in [1.82, 2.24) is 0 Å². The maximum absolute atomic E-state index is 12.2. The molecule has 0 unspecified atom stereocenters. The van der Waals surface area contributed by atoms with Gasteiger partial charge in [0.05, 0.1) is 12.8 Å². The molecule has 0 saturated carbocycles. The van der Waals surface area contributed by atoms with Gasteiger partial charge < -0.3 is 15.8 Å². The topological polar surface area (TPSA) is 64.3 Å². The van der Waals surface area contributed by atoms with E-state index >= 15 is 0 Å². The molecule has 2 aromatic rings. The van der Waals surface area contributed by atoms with Crippen LogP contribution in [0.25, 0.3) is 0 Å². The van der Waals surface area contributed by atoms with E-state index in [1.165, 1.54) is 7.11 Å². The first-order valence-corrected chi connectivity index (χ1v) is 6.39. The van der Waals surface area contributed by atoms with Crippen LogP contribution in [0.2, 0.25) is 5.02 Å². The Balaban J connectivity index is 2.23. The molecule has 0 bridgehead atoms. The third-order valence-corrected chi connectivity index (χ3v) is 3.01. The van der Waals surface area contributed by atoms with Crippen LogP contribution in [0.15, 0.2) is 36.4 Å². The summed E-state index contributed by atoms with van der Waals surface area (Å²) in [4.78, 5) is 12.2. The maximum atomic E-state index is 12.2. The highest BCUT2D eigenvalue weighted by molar-refractivity contribution is 6.31. The number of nitrogen functional groups attached to an aromatic ring is 1. The zero-order valence-corrected chi connectivity index (χ0v) is 12.0. The van der Waals surface area contributed by atoms with Crippen molar-refractivity contribution in [3.8, 4) is 5.75 Å². The Hall–Kier alpha value is -2.20. The molecule has 20 heavy (non-hydrogen) atoms. The Morgan fingerprint density at radius 1 is 1.25 bits per heavy atom. The van der Waals surface area contributed by atoms with Gasteiger partial charge in [-0.1, -0.05) is 11.6 Å². The molecule has 0 aliphatic rings. The van der Waals surface area contributed by atoms with Crippen molar-refractivity contribution >= 4 is 28.9 Å². The highest BCUT2D eigenvalue weighted by Gasteiger charge is 2.09. The molecule has 3 N–H and O–H groups in total. The number of hydrogen-bond donors (Lipinski definition) is 2. The first kappa shape index (κ1) is 14.2. The van der Waals surface area contributed by atoms with Gasteiger partial charge >= 0.3 is 0 Å². The lowest BCUT2D eigenvalue weighted by atomic mass is 10.1. The van der Waals surface area contributed by atoms with Gasteiger partial charge in [0.25, 0.3) is 5.91 Å². The summed E-state index contributed by atoms with van der Waals surface area (Å²) >= 11 is 5.95. The summed E-state index contributed by atoms with van der Waals surface area (Å²) in [6.45, 7) is 1.88. The van der Waals surface area contributed by atoms with E-state index in [0.717, 1.165) is 5.56 Å². The average molecular weight is 291 g/mol. The average Bonchev–Trinajstić information content (AvgIpc) is 2.39. The second kappa shape index (κ2) is 5.84. The standard InChI is InChI=1S/C15H15ClN2O2/c1-9-5-10(7-11(16)6-9)15(19)18-12-3-4-13(17)14(8-12)20-2/h3-8H,17H2,1-2H3,(H,18,19). The smallest absolute Gasteiger partial charge is 0.255 e. The molecule has 0 atom stereocenters. The number of ether oxygens (including phenoxy) is 1. The number of halogens is 1. The molecule has 0 aromatic heterocycles. The summed E-state index contributed by atoms with van der Waals surface area (Å²) in [7, 11) is 1.53. The number of nitrogens with two attached hydrogens (primary N) is 1. The van der Waals surface area contributed by atoms with Crippen molar-refractivity contribution in [3.63, 3.8) is 0 Å². The Labute approximate surface area is 122 Å². The Kier molecular flexibility index (Phi) is 4.15. The second-order valence-electron chi connectivity index (χ2n) is 4.43. The molecule has 0 aliphatic heterocycles. The number of benzene rings is 2. The van der Waals surface area contributed by atoms with Gasteiger partial charge in [0, 0.05) is 22.3 Å². The molecule has 0 aliphatic carbocycles. The van der Waals surface area contributed by atoms with Crippen molar-refractivity contribution in [1.29, 1.82) is 0 Å². The van der Waals surface area contributed by atoms with Crippen molar-refractivity contribution in [2.45, 2.75) is 6.92 Å². The number of nitrogens with one attached hydrogen (secondary N) is 1. The fourth-order valence-corrected chi connectivity index (χ4v) is 2.15. The molecule has 0 fully saturated rings. The van der Waals surface area contributed by atoms with Crippen LogP contribution in [0.1, 0.15) is 15.9 Å². The molecule has 104 valence electrons. The van der Waals surface area contributed by atoms with Crippen LogP contribution >= 0.6 is 11.6 Å². The molecule has 1 amide bonds. The van der Waals surface area contributed by atoms with E-state index in [1.807, 2.05) is 6.92 Å². The van der Waals surface area contributed by atoms with Gasteiger partial charge in [-0.15, -0.1) is 0 Å². The number of amides is 1. The fraction of sp³-hybridized carbons (Fsp3) is 0.133. The lowest BCUT2D eigenvalue weighted by molar-refractivity contribution is 0.102. The minimum atomic E-state index is -0.234. The van der Waals surface area contributed by atoms with E-state index in [1.54, 1.807) is 36.4 Å². The van der Waals surface area contributed by atoms with E-state index in [9.17, 15) is 4.79 Å². The fourth-order valence-electron chi connectivity index (χ4n) is 1.86. The highest BCUT2D eigenvalue weighted by atomic mass is 35.5. The lowest BCUT2D eigenvalue weighted by Crippen LogP contribution is -2.12. The summed E-state index contributed by atoms with van der Waals surface area (Å²) in [6.07, 6.45) is 0. The SMILES string of the molecule is COc1cc(NC(=O)c2cc(C)cc(Cl)c2)ccc1N. The molecule has 0 saturated heterocycles. The third kappa shape index (κ3) is 3.22. The van der Waals surface area contributed by atoms with Gasteiger partial charge in [-0.3, -0.25) is 4.79 Å². The number of hydrogen-bond acceptors (Lipinski definition) is 3. The van der Waals surface area contributed by atoms with Crippen LogP contribution in [-0.4, -0.2) is 13.0 Å². The van der Waals surface area contributed by atoms with Crippen LogP contribution in [0.4, 0.5) is 11.4 Å². The Bertz CT molecular complexity index is 636. The lowest BCUT2D eigenvalue weighted by Gasteiger charge is -2.09. The number of rotatable bonds is 3. The van der Waals surface area contributed by atoms with Crippen LogP contribution in [0, 0.1) is 6.92 Å². The third-order valence-electron chi connectivity index (χ3n) is 2.80. The minimum Gasteiger partial charge on any atom is -0.495 e. The number of carbonyl (C=O) groups excluding carboxylic acids is 1. The van der Waals surface area contributed by atoms with E-state index in [-0.39, 0.29) is 5.91 Å². The Morgan fingerprint density at radius 2 is 2.00 bits per heavy atom. The zero-order valence-electron chi connectivity index (χ0n) is 11.2. The summed E-state index contributed by atoms with van der Waals surface area (Å²) in [5.74, 6) is 0.285. The summed E-state index contributed by atoms with van der Waals surface area (Å²) < 4.78 is 5.11. The van der Waals surface area contributed by atoms with Gasteiger partial charge in [0.2, 0.25) is 0 Å². The predicted molar refractivity (Wildman–Crippen MR) is 81.5 cm³/mol. The molecule has 5 heteroatoms. The predicted octanol–water partition coefficient (Wildman–Crippen LogP) is 3.49. The quantitative estimate of drug-likeness (QED) is 0.851. The van der Waals surface area contributed by atoms with E-state index in [2.05, 4.69) is 5.32 Å². The van der Waals surface area contributed by atoms with Crippen LogP contribution in [0.5, 0.6) is 5.75 Å². The Morgan fingerprint density at radius 3 is 2.65 bits per heavy atom. The highest BCUT2D eigenvalue weighted by Crippen LogP contribution is 2.25. The second-order valence-corrected chi connectivity index (χ2v) is 4.86. The van der Waals surface area contributed by atoms with Crippen molar-refractivity contribution in [2.24, 2.45) is 0 Å². The molecule has 0 radical (unpaired) electrons. The minimum absolute atomic E-state index is 0.234. The monoisotopic (exact) mass is 290 g/mol. The summed E-state index contributed by atoms with van der Waals surface area (Å²) in [6, 6.07) is 10.3. The molecular formula is C15H15ClN2O2. The normalized spacial score (nSPS) is 10.2. The number of carbonyl (C=O) groups is 1. The van der Waals surface area contributed by atoms with Gasteiger partial charge in [-0.2, -0.15) is 0 Å². The molecule has 0 spiro atoms. The van der Waals surface area contributed by atoms with Gasteiger partial charge in [-0.25, -0.2) is 0 Å². The van der Waals surface area contributed by atoms with Crippen molar-refractivity contribution < 1.29 is 9.53 Å². The first-order valence-electron chi connectivity index (χ1n) is 6.01. The molecule has 0 heterocycles. The van der Waals surface area contributed by atoms with Crippen LogP contribution in [-0.2, 0) is 0 Å². The largest absolute Gasteiger partial charge is 0.495 e. The number of aryl methyl sites for hydroxylation is 1. The van der Waals surface area contributed by atoms with E-state index in [4.69, 9.17) is 22.1 Å². The molecule has 2 rings (SSSR count). The zero-order chi connectivity index (χ0) is 14.7. The van der Waals surface area contributed by atoms with Gasteiger partial charge in [0.15, 0.2) is 0 Å². The molecular weight excluding hydrogens is 276 g/mol. The molecule has 4 nitrogen and oxygen atoms in total.